The lowest BCUT2D eigenvalue weighted by Crippen LogP contribution is -2.37. The number of hydrogen-bond donors (Lipinski definition) is 1. The summed E-state index contributed by atoms with van der Waals surface area (Å²) in [6.45, 7) is 3.19. The molecule has 17 heavy (non-hydrogen) atoms. The summed E-state index contributed by atoms with van der Waals surface area (Å²) in [6.07, 6.45) is 6.45. The molecule has 2 heteroatoms. The molecule has 2 rings (SSSR count). The summed E-state index contributed by atoms with van der Waals surface area (Å²) in [5.74, 6) is 0.836. The van der Waals surface area contributed by atoms with Crippen molar-refractivity contribution in [2.75, 3.05) is 6.54 Å². The number of nitrogens with two attached hydrogens (primary N) is 1. The van der Waals surface area contributed by atoms with Crippen LogP contribution in [0.3, 0.4) is 0 Å². The van der Waals surface area contributed by atoms with Crippen LogP contribution in [0, 0.1) is 11.3 Å². The molecule has 1 aromatic rings. The Bertz CT molecular complexity index is 360. The summed E-state index contributed by atoms with van der Waals surface area (Å²) >= 11 is 3.49. The van der Waals surface area contributed by atoms with E-state index in [-0.39, 0.29) is 0 Å². The van der Waals surface area contributed by atoms with Crippen molar-refractivity contribution in [1.82, 2.24) is 0 Å². The maximum Gasteiger partial charge on any atom is 0.0175 e. The second-order valence-corrected chi connectivity index (χ2v) is 6.62. The van der Waals surface area contributed by atoms with Crippen LogP contribution in [0.5, 0.6) is 0 Å². The van der Waals surface area contributed by atoms with Crippen LogP contribution in [0.2, 0.25) is 0 Å². The Kier molecular flexibility index (Phi) is 4.26. The Balaban J connectivity index is 2.10. The van der Waals surface area contributed by atoms with E-state index < -0.39 is 0 Å². The van der Waals surface area contributed by atoms with Crippen molar-refractivity contribution >= 4 is 15.9 Å². The number of halogens is 1. The van der Waals surface area contributed by atoms with E-state index in [4.69, 9.17) is 5.73 Å². The number of rotatable bonds is 3. The lowest BCUT2D eigenvalue weighted by Gasteiger charge is -2.39. The van der Waals surface area contributed by atoms with E-state index in [1.807, 2.05) is 0 Å². The van der Waals surface area contributed by atoms with Gasteiger partial charge in [-0.25, -0.2) is 0 Å². The van der Waals surface area contributed by atoms with Gasteiger partial charge in [-0.05, 0) is 54.8 Å². The quantitative estimate of drug-likeness (QED) is 0.891. The highest BCUT2D eigenvalue weighted by Crippen LogP contribution is 2.41. The van der Waals surface area contributed by atoms with Crippen molar-refractivity contribution < 1.29 is 0 Å². The Labute approximate surface area is 113 Å². The molecule has 0 spiro atoms. The molecule has 1 saturated carbocycles. The maximum atomic E-state index is 6.07. The maximum absolute atomic E-state index is 6.07. The second-order valence-electron chi connectivity index (χ2n) is 5.71. The van der Waals surface area contributed by atoms with Gasteiger partial charge in [0.15, 0.2) is 0 Å². The van der Waals surface area contributed by atoms with Crippen molar-refractivity contribution in [2.24, 2.45) is 17.1 Å². The topological polar surface area (TPSA) is 26.0 Å². The largest absolute Gasteiger partial charge is 0.330 e. The number of benzene rings is 1. The third kappa shape index (κ3) is 3.32. The zero-order valence-electron chi connectivity index (χ0n) is 10.6. The van der Waals surface area contributed by atoms with Gasteiger partial charge in [0.1, 0.15) is 0 Å². The molecule has 0 radical (unpaired) electrons. The van der Waals surface area contributed by atoms with E-state index >= 15 is 0 Å². The summed E-state index contributed by atoms with van der Waals surface area (Å²) in [6, 6.07) is 8.71. The molecule has 0 heterocycles. The molecule has 1 fully saturated rings. The van der Waals surface area contributed by atoms with Gasteiger partial charge in [-0.1, -0.05) is 47.8 Å². The van der Waals surface area contributed by atoms with Gasteiger partial charge in [0, 0.05) is 4.47 Å². The van der Waals surface area contributed by atoms with E-state index in [2.05, 4.69) is 47.1 Å². The van der Waals surface area contributed by atoms with Gasteiger partial charge in [-0.3, -0.25) is 0 Å². The summed E-state index contributed by atoms with van der Waals surface area (Å²) in [4.78, 5) is 0. The minimum atomic E-state index is 0.353. The van der Waals surface area contributed by atoms with Gasteiger partial charge in [-0.2, -0.15) is 0 Å². The average Bonchev–Trinajstić information content (AvgIpc) is 2.32. The first kappa shape index (κ1) is 13.1. The lowest BCUT2D eigenvalue weighted by atomic mass is 9.67. The van der Waals surface area contributed by atoms with E-state index in [0.29, 0.717) is 5.41 Å². The minimum absolute atomic E-state index is 0.353. The lowest BCUT2D eigenvalue weighted by molar-refractivity contribution is 0.154. The van der Waals surface area contributed by atoms with Crippen LogP contribution in [0.1, 0.15) is 38.2 Å². The fourth-order valence-electron chi connectivity index (χ4n) is 3.22. The van der Waals surface area contributed by atoms with Crippen LogP contribution in [0.15, 0.2) is 28.7 Å². The molecule has 94 valence electrons. The Morgan fingerprint density at radius 3 is 2.65 bits per heavy atom. The van der Waals surface area contributed by atoms with Gasteiger partial charge in [0.2, 0.25) is 0 Å². The standard InChI is InChI=1S/C15H22BrN/c1-12-3-2-8-15(9-12,11-17)10-13-4-6-14(16)7-5-13/h4-7,12H,2-3,8-11,17H2,1H3. The van der Waals surface area contributed by atoms with Crippen LogP contribution >= 0.6 is 15.9 Å². The summed E-state index contributed by atoms with van der Waals surface area (Å²) in [7, 11) is 0. The molecule has 2 unspecified atom stereocenters. The molecule has 1 nitrogen and oxygen atoms in total. The number of hydrogen-bond acceptors (Lipinski definition) is 1. The van der Waals surface area contributed by atoms with Gasteiger partial charge >= 0.3 is 0 Å². The molecular weight excluding hydrogens is 274 g/mol. The van der Waals surface area contributed by atoms with Gasteiger partial charge < -0.3 is 5.73 Å². The highest BCUT2D eigenvalue weighted by molar-refractivity contribution is 9.10. The first-order chi connectivity index (χ1) is 8.13. The van der Waals surface area contributed by atoms with Crippen LogP contribution in [0.25, 0.3) is 0 Å². The first-order valence-corrected chi connectivity index (χ1v) is 7.37. The predicted molar refractivity (Wildman–Crippen MR) is 77.0 cm³/mol. The fourth-order valence-corrected chi connectivity index (χ4v) is 3.49. The fraction of sp³-hybridized carbons (Fsp3) is 0.600. The Hall–Kier alpha value is -0.340. The van der Waals surface area contributed by atoms with Crippen LogP contribution in [0.4, 0.5) is 0 Å². The Morgan fingerprint density at radius 2 is 2.06 bits per heavy atom. The van der Waals surface area contributed by atoms with E-state index in [9.17, 15) is 0 Å². The SMILES string of the molecule is CC1CCCC(CN)(Cc2ccc(Br)cc2)C1. The van der Waals surface area contributed by atoms with Crippen LogP contribution < -0.4 is 5.73 Å². The molecule has 2 N–H and O–H groups in total. The third-order valence-corrected chi connectivity index (χ3v) is 4.64. The van der Waals surface area contributed by atoms with Crippen LogP contribution in [-0.2, 0) is 6.42 Å². The van der Waals surface area contributed by atoms with Gasteiger partial charge in [0.05, 0.1) is 0 Å². The van der Waals surface area contributed by atoms with E-state index in [0.717, 1.165) is 23.4 Å². The van der Waals surface area contributed by atoms with Gasteiger partial charge in [-0.15, -0.1) is 0 Å². The van der Waals surface area contributed by atoms with Crippen LogP contribution in [-0.4, -0.2) is 6.54 Å². The van der Waals surface area contributed by atoms with Crippen molar-refractivity contribution in [3.8, 4) is 0 Å². The normalized spacial score (nSPS) is 29.2. The Morgan fingerprint density at radius 1 is 1.35 bits per heavy atom. The van der Waals surface area contributed by atoms with Crippen molar-refractivity contribution in [1.29, 1.82) is 0 Å². The van der Waals surface area contributed by atoms with E-state index in [1.165, 1.54) is 31.2 Å². The summed E-state index contributed by atoms with van der Waals surface area (Å²) in [5, 5.41) is 0. The molecule has 0 aromatic heterocycles. The molecule has 0 saturated heterocycles. The molecule has 2 atom stereocenters. The molecule has 1 aromatic carbocycles. The zero-order chi connectivity index (χ0) is 12.3. The molecule has 1 aliphatic carbocycles. The first-order valence-electron chi connectivity index (χ1n) is 6.58. The predicted octanol–water partition coefficient (Wildman–Crippen LogP) is 4.15. The van der Waals surface area contributed by atoms with Gasteiger partial charge in [0.25, 0.3) is 0 Å². The van der Waals surface area contributed by atoms with Crippen molar-refractivity contribution in [3.05, 3.63) is 34.3 Å². The highest BCUT2D eigenvalue weighted by Gasteiger charge is 2.33. The molecule has 1 aliphatic rings. The molecule has 0 amide bonds. The second kappa shape index (κ2) is 5.53. The van der Waals surface area contributed by atoms with Crippen molar-refractivity contribution in [3.63, 3.8) is 0 Å². The zero-order valence-corrected chi connectivity index (χ0v) is 12.2. The average molecular weight is 296 g/mol. The third-order valence-electron chi connectivity index (χ3n) is 4.11. The molecular formula is C15H22BrN. The van der Waals surface area contributed by atoms with E-state index in [1.54, 1.807) is 0 Å². The highest BCUT2D eigenvalue weighted by atomic mass is 79.9. The monoisotopic (exact) mass is 295 g/mol. The summed E-state index contributed by atoms with van der Waals surface area (Å²) in [5.41, 5.74) is 7.85. The molecule has 0 aliphatic heterocycles. The molecule has 0 bridgehead atoms. The van der Waals surface area contributed by atoms with Crippen molar-refractivity contribution in [2.45, 2.75) is 39.0 Å². The summed E-state index contributed by atoms with van der Waals surface area (Å²) < 4.78 is 1.15. The minimum Gasteiger partial charge on any atom is -0.330 e. The smallest absolute Gasteiger partial charge is 0.0175 e.